The zero-order valence-electron chi connectivity index (χ0n) is 17.0. The average Bonchev–Trinajstić information content (AvgIpc) is 3.04. The van der Waals surface area contributed by atoms with E-state index in [1.54, 1.807) is 0 Å². The van der Waals surface area contributed by atoms with Crippen molar-refractivity contribution in [1.29, 1.82) is 0 Å². The van der Waals surface area contributed by atoms with E-state index in [-0.39, 0.29) is 0 Å². The van der Waals surface area contributed by atoms with Crippen molar-refractivity contribution in [3.63, 3.8) is 0 Å². The lowest BCUT2D eigenvalue weighted by Crippen LogP contribution is -1.86. The summed E-state index contributed by atoms with van der Waals surface area (Å²) in [6.07, 6.45) is 19.6. The molecule has 1 aromatic rings. The zero-order valence-corrected chi connectivity index (χ0v) is 17.0. The maximum absolute atomic E-state index is 3.27. The molecule has 0 aliphatic carbocycles. The summed E-state index contributed by atoms with van der Waals surface area (Å²) >= 11 is 0. The Morgan fingerprint density at radius 1 is 0.760 bits per heavy atom. The number of hydrogen-bond donors (Lipinski definition) is 1. The van der Waals surface area contributed by atoms with Crippen LogP contribution in [0.2, 0.25) is 0 Å². The van der Waals surface area contributed by atoms with Crippen molar-refractivity contribution >= 4 is 0 Å². The van der Waals surface area contributed by atoms with Crippen LogP contribution in [0.5, 0.6) is 0 Å². The molecule has 0 aliphatic heterocycles. The van der Waals surface area contributed by atoms with Crippen molar-refractivity contribution in [2.24, 2.45) is 0 Å². The van der Waals surface area contributed by atoms with Crippen molar-refractivity contribution in [3.05, 3.63) is 70.6 Å². The minimum atomic E-state index is 1.03. The van der Waals surface area contributed by atoms with E-state index in [2.05, 4.69) is 76.0 Å². The smallest absolute Gasteiger partial charge is 0.0188 e. The van der Waals surface area contributed by atoms with Crippen LogP contribution in [0.1, 0.15) is 78.8 Å². The highest BCUT2D eigenvalue weighted by Crippen LogP contribution is 2.13. The van der Waals surface area contributed by atoms with E-state index in [1.807, 2.05) is 6.20 Å². The minimum absolute atomic E-state index is 1.03. The largest absolute Gasteiger partial charge is 0.365 e. The predicted octanol–water partition coefficient (Wildman–Crippen LogP) is 7.70. The molecular formula is C24H37N. The van der Waals surface area contributed by atoms with Crippen LogP contribution in [0.4, 0.5) is 0 Å². The first kappa shape index (κ1) is 21.3. The summed E-state index contributed by atoms with van der Waals surface area (Å²) in [5.74, 6) is 0. The Balaban J connectivity index is 2.21. The molecule has 1 rings (SSSR count). The van der Waals surface area contributed by atoms with Crippen LogP contribution < -0.4 is 0 Å². The summed E-state index contributed by atoms with van der Waals surface area (Å²) in [5, 5.41) is 0. The molecule has 1 heterocycles. The van der Waals surface area contributed by atoms with E-state index in [0.29, 0.717) is 0 Å². The third-order valence-electron chi connectivity index (χ3n) is 4.41. The summed E-state index contributed by atoms with van der Waals surface area (Å²) in [6, 6.07) is 4.21. The van der Waals surface area contributed by atoms with Gasteiger partial charge < -0.3 is 4.98 Å². The van der Waals surface area contributed by atoms with Gasteiger partial charge in [-0.2, -0.15) is 0 Å². The van der Waals surface area contributed by atoms with E-state index >= 15 is 0 Å². The van der Waals surface area contributed by atoms with Crippen LogP contribution in [-0.2, 0) is 6.42 Å². The summed E-state index contributed by atoms with van der Waals surface area (Å²) in [4.78, 5) is 3.27. The van der Waals surface area contributed by atoms with E-state index < -0.39 is 0 Å². The second-order valence-electron chi connectivity index (χ2n) is 7.46. The van der Waals surface area contributed by atoms with Crippen LogP contribution in [0.3, 0.4) is 0 Å². The number of aromatic amines is 1. The third kappa shape index (κ3) is 11.4. The SMILES string of the molecule is CC(C)=CCC/C(C)=C/CC/C(C)=C/CC/C=C(\C)Cc1ccc[nH]1. The number of nitrogens with one attached hydrogen (secondary N) is 1. The van der Waals surface area contributed by atoms with Gasteiger partial charge in [-0.25, -0.2) is 0 Å². The molecule has 0 atom stereocenters. The molecule has 0 radical (unpaired) electrons. The first-order chi connectivity index (χ1) is 12.0. The van der Waals surface area contributed by atoms with Gasteiger partial charge in [-0.3, -0.25) is 0 Å². The maximum atomic E-state index is 3.27. The number of H-pyrrole nitrogens is 1. The summed E-state index contributed by atoms with van der Waals surface area (Å²) in [7, 11) is 0. The standard InChI is InChI=1S/C24H37N/c1-20(2)11-8-14-22(4)16-9-15-21(3)12-6-7-13-23(5)19-24-17-10-18-25-24/h10-13,16-18,25H,6-9,14-15,19H2,1-5H3/b21-12+,22-16+,23-13+. The summed E-state index contributed by atoms with van der Waals surface area (Å²) in [6.45, 7) is 11.1. The van der Waals surface area contributed by atoms with Gasteiger partial charge in [0, 0.05) is 18.3 Å². The quantitative estimate of drug-likeness (QED) is 0.314. The highest BCUT2D eigenvalue weighted by molar-refractivity contribution is 5.14. The normalized spacial score (nSPS) is 13.2. The predicted molar refractivity (Wildman–Crippen MR) is 113 cm³/mol. The topological polar surface area (TPSA) is 15.8 Å². The Bertz CT molecular complexity index is 590. The number of aromatic nitrogens is 1. The van der Waals surface area contributed by atoms with Crippen molar-refractivity contribution in [2.75, 3.05) is 0 Å². The Kier molecular flexibility index (Phi) is 10.7. The number of allylic oxidation sites excluding steroid dienone is 8. The van der Waals surface area contributed by atoms with Crippen molar-refractivity contribution in [2.45, 2.75) is 79.6 Å². The van der Waals surface area contributed by atoms with E-state index in [0.717, 1.165) is 19.3 Å². The molecule has 1 nitrogen and oxygen atoms in total. The molecule has 0 saturated carbocycles. The second kappa shape index (κ2) is 12.6. The fourth-order valence-corrected chi connectivity index (χ4v) is 2.85. The highest BCUT2D eigenvalue weighted by Gasteiger charge is 1.95. The molecule has 0 unspecified atom stereocenters. The van der Waals surface area contributed by atoms with Crippen molar-refractivity contribution in [1.82, 2.24) is 4.98 Å². The fourth-order valence-electron chi connectivity index (χ4n) is 2.85. The lowest BCUT2D eigenvalue weighted by atomic mass is 10.0. The molecule has 1 heteroatoms. The third-order valence-corrected chi connectivity index (χ3v) is 4.41. The molecule has 0 bridgehead atoms. The van der Waals surface area contributed by atoms with Gasteiger partial charge in [-0.15, -0.1) is 0 Å². The van der Waals surface area contributed by atoms with Gasteiger partial charge in [0.1, 0.15) is 0 Å². The number of rotatable bonds is 11. The number of unbranched alkanes of at least 4 members (excludes halogenated alkanes) is 1. The van der Waals surface area contributed by atoms with Gasteiger partial charge in [-0.05, 0) is 85.3 Å². The zero-order chi connectivity index (χ0) is 18.5. The maximum Gasteiger partial charge on any atom is 0.0188 e. The Morgan fingerprint density at radius 2 is 1.32 bits per heavy atom. The van der Waals surface area contributed by atoms with Crippen molar-refractivity contribution < 1.29 is 0 Å². The van der Waals surface area contributed by atoms with E-state index in [4.69, 9.17) is 0 Å². The molecule has 0 aromatic carbocycles. The summed E-state index contributed by atoms with van der Waals surface area (Å²) < 4.78 is 0. The molecule has 0 fully saturated rings. The van der Waals surface area contributed by atoms with Gasteiger partial charge in [-0.1, -0.05) is 46.6 Å². The number of hydrogen-bond acceptors (Lipinski definition) is 0. The van der Waals surface area contributed by atoms with Gasteiger partial charge >= 0.3 is 0 Å². The van der Waals surface area contributed by atoms with Gasteiger partial charge in [0.25, 0.3) is 0 Å². The molecule has 138 valence electrons. The van der Waals surface area contributed by atoms with Crippen LogP contribution in [0, 0.1) is 0 Å². The molecule has 25 heavy (non-hydrogen) atoms. The van der Waals surface area contributed by atoms with Crippen LogP contribution in [0.15, 0.2) is 64.9 Å². The lowest BCUT2D eigenvalue weighted by molar-refractivity contribution is 0.905. The van der Waals surface area contributed by atoms with Gasteiger partial charge in [0.15, 0.2) is 0 Å². The van der Waals surface area contributed by atoms with Gasteiger partial charge in [0.05, 0.1) is 0 Å². The molecule has 1 N–H and O–H groups in total. The van der Waals surface area contributed by atoms with Crippen LogP contribution in [0.25, 0.3) is 0 Å². The van der Waals surface area contributed by atoms with E-state index in [1.165, 1.54) is 53.7 Å². The average molecular weight is 340 g/mol. The van der Waals surface area contributed by atoms with Crippen molar-refractivity contribution in [3.8, 4) is 0 Å². The molecule has 0 aliphatic rings. The second-order valence-corrected chi connectivity index (χ2v) is 7.46. The summed E-state index contributed by atoms with van der Waals surface area (Å²) in [5.41, 5.74) is 7.20. The van der Waals surface area contributed by atoms with Crippen LogP contribution >= 0.6 is 0 Å². The molecule has 0 saturated heterocycles. The molecule has 0 spiro atoms. The molecule has 0 amide bonds. The minimum Gasteiger partial charge on any atom is -0.365 e. The first-order valence-electron chi connectivity index (χ1n) is 9.70. The first-order valence-corrected chi connectivity index (χ1v) is 9.70. The van der Waals surface area contributed by atoms with E-state index in [9.17, 15) is 0 Å². The lowest BCUT2D eigenvalue weighted by Gasteiger charge is -2.02. The molecule has 1 aromatic heterocycles. The Morgan fingerprint density at radius 3 is 1.88 bits per heavy atom. The highest BCUT2D eigenvalue weighted by atomic mass is 14.7. The molecular weight excluding hydrogens is 302 g/mol. The Hall–Kier alpha value is -1.76. The fraction of sp³-hybridized carbons (Fsp3) is 0.500. The monoisotopic (exact) mass is 339 g/mol. The Labute approximate surface area is 155 Å². The van der Waals surface area contributed by atoms with Gasteiger partial charge in [0.2, 0.25) is 0 Å². The van der Waals surface area contributed by atoms with Crippen LogP contribution in [-0.4, -0.2) is 4.98 Å².